The summed E-state index contributed by atoms with van der Waals surface area (Å²) in [4.78, 5) is 0. The molecule has 2 aromatic rings. The van der Waals surface area contributed by atoms with Crippen molar-refractivity contribution in [1.29, 1.82) is 0 Å². The molecular weight excluding hydrogens is 310 g/mol. The molecule has 0 aliphatic carbocycles. The molecule has 2 nitrogen and oxygen atoms in total. The van der Waals surface area contributed by atoms with E-state index in [4.69, 9.17) is 9.47 Å². The topological polar surface area (TPSA) is 18.5 Å². The van der Waals surface area contributed by atoms with Crippen molar-refractivity contribution >= 4 is 0 Å². The Labute approximate surface area is 140 Å². The van der Waals surface area contributed by atoms with Gasteiger partial charge in [-0.1, -0.05) is 49.4 Å². The lowest BCUT2D eigenvalue weighted by Gasteiger charge is -2.28. The fourth-order valence-corrected chi connectivity index (χ4v) is 2.66. The Kier molecular flexibility index (Phi) is 5.38. The van der Waals surface area contributed by atoms with Gasteiger partial charge in [-0.3, -0.25) is 0 Å². The maximum atomic E-state index is 13.3. The summed E-state index contributed by atoms with van der Waals surface area (Å²) in [6.45, 7) is 3.36. The lowest BCUT2D eigenvalue weighted by atomic mass is 10.0. The third-order valence-corrected chi connectivity index (χ3v) is 4.00. The van der Waals surface area contributed by atoms with Gasteiger partial charge < -0.3 is 9.47 Å². The molecule has 1 fully saturated rings. The van der Waals surface area contributed by atoms with Crippen LogP contribution >= 0.6 is 0 Å². The lowest BCUT2D eigenvalue weighted by molar-refractivity contribution is -0.197. The average molecular weight is 330 g/mol. The first kappa shape index (κ1) is 16.8. The number of allylic oxidation sites excluding steroid dienone is 1. The number of hydrogen-bond donors (Lipinski definition) is 0. The second-order valence-electron chi connectivity index (χ2n) is 5.85. The highest BCUT2D eigenvalue weighted by molar-refractivity contribution is 5.63. The second kappa shape index (κ2) is 7.69. The van der Waals surface area contributed by atoms with E-state index in [0.717, 1.165) is 23.6 Å². The van der Waals surface area contributed by atoms with Crippen LogP contribution in [0, 0.1) is 17.6 Å². The van der Waals surface area contributed by atoms with Crippen molar-refractivity contribution in [3.8, 4) is 11.1 Å². The minimum atomic E-state index is -0.846. The van der Waals surface area contributed by atoms with Gasteiger partial charge in [0.05, 0.1) is 13.2 Å². The number of hydrogen-bond acceptors (Lipinski definition) is 2. The van der Waals surface area contributed by atoms with Crippen molar-refractivity contribution < 1.29 is 18.3 Å². The summed E-state index contributed by atoms with van der Waals surface area (Å²) in [5, 5.41) is 0. The van der Waals surface area contributed by atoms with E-state index in [9.17, 15) is 8.78 Å². The van der Waals surface area contributed by atoms with Crippen LogP contribution in [-0.4, -0.2) is 13.2 Å². The Morgan fingerprint density at radius 2 is 1.62 bits per heavy atom. The number of halogens is 2. The summed E-state index contributed by atoms with van der Waals surface area (Å²) in [6, 6.07) is 11.4. The van der Waals surface area contributed by atoms with Gasteiger partial charge >= 0.3 is 0 Å². The fourth-order valence-electron chi connectivity index (χ4n) is 2.66. The van der Waals surface area contributed by atoms with E-state index in [0.29, 0.717) is 24.7 Å². The molecule has 0 amide bonds. The summed E-state index contributed by atoms with van der Waals surface area (Å²) < 4.78 is 37.9. The van der Waals surface area contributed by atoms with Gasteiger partial charge in [-0.25, -0.2) is 8.78 Å². The highest BCUT2D eigenvalue weighted by atomic mass is 19.2. The normalized spacial score (nSPS) is 21.3. The van der Waals surface area contributed by atoms with Crippen LogP contribution in [0.15, 0.2) is 54.6 Å². The number of ether oxygens (including phenoxy) is 2. The molecule has 24 heavy (non-hydrogen) atoms. The average Bonchev–Trinajstić information content (AvgIpc) is 2.63. The third-order valence-electron chi connectivity index (χ3n) is 4.00. The quantitative estimate of drug-likeness (QED) is 0.712. The smallest absolute Gasteiger partial charge is 0.183 e. The molecule has 0 spiro atoms. The molecule has 1 heterocycles. The van der Waals surface area contributed by atoms with Crippen molar-refractivity contribution in [3.05, 3.63) is 71.8 Å². The Morgan fingerprint density at radius 3 is 2.25 bits per heavy atom. The second-order valence-corrected chi connectivity index (χ2v) is 5.85. The van der Waals surface area contributed by atoms with Crippen LogP contribution in [0.3, 0.4) is 0 Å². The molecule has 1 aliphatic heterocycles. The molecule has 0 unspecified atom stereocenters. The predicted molar refractivity (Wildman–Crippen MR) is 89.4 cm³/mol. The first-order chi connectivity index (χ1) is 11.7. The molecule has 0 atom stereocenters. The molecule has 2 aromatic carbocycles. The van der Waals surface area contributed by atoms with Crippen LogP contribution in [0.25, 0.3) is 11.1 Å². The summed E-state index contributed by atoms with van der Waals surface area (Å²) in [7, 11) is 0. The fraction of sp³-hybridized carbons (Fsp3) is 0.300. The Morgan fingerprint density at radius 1 is 0.958 bits per heavy atom. The van der Waals surface area contributed by atoms with Crippen LogP contribution in [0.4, 0.5) is 8.78 Å². The van der Waals surface area contributed by atoms with E-state index in [-0.39, 0.29) is 6.29 Å². The molecule has 3 rings (SSSR count). The zero-order valence-electron chi connectivity index (χ0n) is 13.5. The van der Waals surface area contributed by atoms with E-state index in [1.54, 1.807) is 6.07 Å². The molecule has 1 saturated heterocycles. The monoisotopic (exact) mass is 330 g/mol. The Balaban J connectivity index is 1.67. The van der Waals surface area contributed by atoms with Crippen molar-refractivity contribution in [2.45, 2.75) is 19.6 Å². The zero-order valence-corrected chi connectivity index (χ0v) is 13.5. The van der Waals surface area contributed by atoms with Gasteiger partial charge in [0.2, 0.25) is 0 Å². The van der Waals surface area contributed by atoms with Crippen LogP contribution in [-0.2, 0) is 9.47 Å². The van der Waals surface area contributed by atoms with Crippen molar-refractivity contribution in [1.82, 2.24) is 0 Å². The van der Waals surface area contributed by atoms with Crippen molar-refractivity contribution in [2.75, 3.05) is 13.2 Å². The molecular formula is C20H20F2O2. The Bertz CT molecular complexity index is 702. The third kappa shape index (κ3) is 3.89. The van der Waals surface area contributed by atoms with Crippen molar-refractivity contribution in [3.63, 3.8) is 0 Å². The van der Waals surface area contributed by atoms with Gasteiger partial charge in [-0.15, -0.1) is 0 Å². The van der Waals surface area contributed by atoms with Gasteiger partial charge in [0.15, 0.2) is 17.9 Å². The molecule has 0 radical (unpaired) electrons. The summed E-state index contributed by atoms with van der Waals surface area (Å²) in [5.41, 5.74) is 2.37. The first-order valence-electron chi connectivity index (χ1n) is 8.12. The van der Waals surface area contributed by atoms with E-state index in [2.05, 4.69) is 19.1 Å². The SMILES string of the molecule is CCC=C[C@H]1CO[C@H](c2ccc(-c3ccc(F)c(F)c3)cc2)OC1. The largest absolute Gasteiger partial charge is 0.348 e. The standard InChI is InChI=1S/C20H20F2O2/c1-2-3-4-14-12-23-20(24-13-14)16-7-5-15(6-8-16)17-9-10-18(21)19(22)11-17/h3-11,14,20H,2,12-13H2,1H3/t14-,20-. The molecule has 126 valence electrons. The van der Waals surface area contributed by atoms with Crippen LogP contribution in [0.5, 0.6) is 0 Å². The van der Waals surface area contributed by atoms with Gasteiger partial charge in [-0.2, -0.15) is 0 Å². The molecule has 0 N–H and O–H groups in total. The van der Waals surface area contributed by atoms with Gasteiger partial charge in [0.1, 0.15) is 0 Å². The maximum Gasteiger partial charge on any atom is 0.183 e. The minimum absolute atomic E-state index is 0.294. The van der Waals surface area contributed by atoms with Crippen LogP contribution < -0.4 is 0 Å². The number of rotatable bonds is 4. The van der Waals surface area contributed by atoms with Crippen LogP contribution in [0.1, 0.15) is 25.2 Å². The summed E-state index contributed by atoms with van der Waals surface area (Å²) in [6.07, 6.45) is 4.87. The lowest BCUT2D eigenvalue weighted by Crippen LogP contribution is -2.25. The van der Waals surface area contributed by atoms with E-state index in [1.807, 2.05) is 24.3 Å². The van der Waals surface area contributed by atoms with Gasteiger partial charge in [0, 0.05) is 11.5 Å². The van der Waals surface area contributed by atoms with E-state index >= 15 is 0 Å². The summed E-state index contributed by atoms with van der Waals surface area (Å²) in [5.74, 6) is -1.39. The van der Waals surface area contributed by atoms with Crippen molar-refractivity contribution in [2.24, 2.45) is 5.92 Å². The highest BCUT2D eigenvalue weighted by Crippen LogP contribution is 2.28. The first-order valence-corrected chi connectivity index (χ1v) is 8.12. The van der Waals surface area contributed by atoms with Gasteiger partial charge in [-0.05, 0) is 29.7 Å². The van der Waals surface area contributed by atoms with Gasteiger partial charge in [0.25, 0.3) is 0 Å². The van der Waals surface area contributed by atoms with Crippen LogP contribution in [0.2, 0.25) is 0 Å². The summed E-state index contributed by atoms with van der Waals surface area (Å²) >= 11 is 0. The molecule has 0 saturated carbocycles. The van der Waals surface area contributed by atoms with E-state index < -0.39 is 11.6 Å². The molecule has 0 bridgehead atoms. The minimum Gasteiger partial charge on any atom is -0.348 e. The molecule has 0 aromatic heterocycles. The molecule has 1 aliphatic rings. The molecule has 4 heteroatoms. The highest BCUT2D eigenvalue weighted by Gasteiger charge is 2.21. The van der Waals surface area contributed by atoms with E-state index in [1.165, 1.54) is 6.07 Å². The zero-order chi connectivity index (χ0) is 16.9. The number of benzene rings is 2. The predicted octanol–water partition coefficient (Wildman–Crippen LogP) is 5.26. The Hall–Kier alpha value is -2.04. The maximum absolute atomic E-state index is 13.3.